The molecule has 30 rings (SSSR count). The van der Waals surface area contributed by atoms with E-state index in [-0.39, 0.29) is 0 Å². The summed E-state index contributed by atoms with van der Waals surface area (Å²) in [6.07, 6.45) is -82.0. The van der Waals surface area contributed by atoms with Gasteiger partial charge in [0.25, 0.3) is 0 Å². The Kier molecular flexibility index (Phi) is 24.1. The predicted octanol–water partition coefficient (Wildman–Crippen LogP) is -17.4. The first kappa shape index (κ1) is 70.7. The number of ether oxygens (including phenoxy) is 16. The van der Waals surface area contributed by atoms with Gasteiger partial charge in [-0.2, -0.15) is 0 Å². The molecule has 0 spiro atoms. The molecule has 24 N–H and O–H groups in total. The molecule has 1 unspecified atom stereocenters. The SMILES string of the molecule is OC[C@@H]1OC2O[C@@H]3[C@@H](O)[C@H](O)[C@H](O[C@@H]4[C@@H](O)[C@H](O)[C@H](O[C@@H]5[C@@H](O)[C@H](O)[C@H](O[C@@H]6[C@@H](O)[C@H](O)[C@H](O[C@@H]7[C@@H](O)[C@H](O)[C@H](O[C@@H]8[C@@H](O)[C@H](O)[C@H](O[C@@H]9[C@@H](O)[C@H](O)[C@H](O[C@@H]1[C@@H](O)[C@@H]2O)O[C@H]9CO)O[C@H]8CO)O[C@H]7CO)O[C@H]6CO)O[C@H]5CO)O[C@H]4CO)O[C@H]3CO. The molecule has 40 atom stereocenters. The van der Waals surface area contributed by atoms with Gasteiger partial charge in [-0.1, -0.05) is 0 Å². The van der Waals surface area contributed by atoms with E-state index in [1.807, 2.05) is 0 Å². The number of hydrogen-bond acceptors (Lipinski definition) is 40. The highest BCUT2D eigenvalue weighted by Crippen LogP contribution is 2.40. The van der Waals surface area contributed by atoms with E-state index in [0.717, 1.165) is 0 Å². The van der Waals surface area contributed by atoms with Crippen molar-refractivity contribution in [2.45, 2.75) is 246 Å². The lowest BCUT2D eigenvalue weighted by atomic mass is 9.94. The van der Waals surface area contributed by atoms with Crippen LogP contribution in [0.5, 0.6) is 0 Å². The summed E-state index contributed by atoms with van der Waals surface area (Å²) in [5, 5.41) is 265. The molecule has 30 fully saturated rings. The minimum atomic E-state index is -2.25. The lowest BCUT2D eigenvalue weighted by Gasteiger charge is -2.50. The second-order valence-corrected chi connectivity index (χ2v) is 22.5. The van der Waals surface area contributed by atoms with Crippen molar-refractivity contribution in [3.8, 4) is 0 Å². The molecule has 0 saturated carbocycles. The summed E-state index contributed by atoms with van der Waals surface area (Å²) in [6.45, 7) is -8.64. The van der Waals surface area contributed by atoms with Crippen molar-refractivity contribution < 1.29 is 198 Å². The Bertz CT molecular complexity index is 1700. The van der Waals surface area contributed by atoms with E-state index in [9.17, 15) is 123 Å². The number of hydrogen-bond donors (Lipinski definition) is 24. The van der Waals surface area contributed by atoms with Crippen LogP contribution in [0.3, 0.4) is 0 Å². The molecule has 30 saturated heterocycles. The average molecular weight is 1300 g/mol. The summed E-state index contributed by atoms with van der Waals surface area (Å²) in [4.78, 5) is 0. The number of aliphatic hydroxyl groups is 24. The Morgan fingerprint density at radius 2 is 0.227 bits per heavy atom. The molecule has 0 aromatic heterocycles. The fourth-order valence-electron chi connectivity index (χ4n) is 11.9. The van der Waals surface area contributed by atoms with Gasteiger partial charge in [0.15, 0.2) is 50.3 Å². The molecule has 512 valence electrons. The smallest absolute Gasteiger partial charge is 0.187 e. The first-order valence-electron chi connectivity index (χ1n) is 28.1. The third-order valence-corrected chi connectivity index (χ3v) is 16.9. The van der Waals surface area contributed by atoms with Crippen LogP contribution in [0, 0.1) is 0 Å². The van der Waals surface area contributed by atoms with Crippen LogP contribution >= 0.6 is 0 Å². The largest absolute Gasteiger partial charge is 0.394 e. The van der Waals surface area contributed by atoms with Crippen LogP contribution in [0.15, 0.2) is 0 Å². The first-order chi connectivity index (χ1) is 41.9. The summed E-state index contributed by atoms with van der Waals surface area (Å²) in [6, 6.07) is 0. The molecule has 30 heterocycles. The third-order valence-electron chi connectivity index (χ3n) is 16.9. The van der Waals surface area contributed by atoms with Gasteiger partial charge in [0, 0.05) is 0 Å². The fraction of sp³-hybridized carbons (Fsp3) is 1.00. The van der Waals surface area contributed by atoms with Crippen molar-refractivity contribution in [2.75, 3.05) is 52.9 Å². The molecule has 0 radical (unpaired) electrons. The summed E-state index contributed by atoms with van der Waals surface area (Å²) in [5.74, 6) is 0. The van der Waals surface area contributed by atoms with Crippen LogP contribution in [0.2, 0.25) is 0 Å². The highest BCUT2D eigenvalue weighted by molar-refractivity contribution is 5.02. The maximum Gasteiger partial charge on any atom is 0.187 e. The summed E-state index contributed by atoms with van der Waals surface area (Å²) in [7, 11) is 0. The zero-order valence-corrected chi connectivity index (χ0v) is 46.0. The van der Waals surface area contributed by atoms with Gasteiger partial charge in [-0.3, -0.25) is 0 Å². The lowest BCUT2D eigenvalue weighted by Crippen LogP contribution is -2.69. The van der Waals surface area contributed by atoms with Crippen LogP contribution in [-0.4, -0.2) is 421 Å². The Balaban J connectivity index is 0.975. The molecule has 0 aliphatic carbocycles. The third kappa shape index (κ3) is 13.8. The van der Waals surface area contributed by atoms with Gasteiger partial charge >= 0.3 is 0 Å². The molecule has 40 nitrogen and oxygen atoms in total. The quantitative estimate of drug-likeness (QED) is 0.107. The molecule has 30 aliphatic heterocycles. The maximum absolute atomic E-state index is 11.4. The maximum atomic E-state index is 11.4. The van der Waals surface area contributed by atoms with Gasteiger partial charge in [-0.05, 0) is 0 Å². The molecular formula is C48H80O40. The molecular weight excluding hydrogens is 1220 g/mol. The van der Waals surface area contributed by atoms with Gasteiger partial charge in [0.2, 0.25) is 0 Å². The Morgan fingerprint density at radius 3 is 0.307 bits per heavy atom. The van der Waals surface area contributed by atoms with E-state index >= 15 is 0 Å². The number of rotatable bonds is 8. The van der Waals surface area contributed by atoms with Gasteiger partial charge in [0.1, 0.15) is 195 Å². The van der Waals surface area contributed by atoms with Crippen molar-refractivity contribution in [3.05, 3.63) is 0 Å². The van der Waals surface area contributed by atoms with E-state index in [1.54, 1.807) is 0 Å². The minimum Gasteiger partial charge on any atom is -0.394 e. The average Bonchev–Trinajstić information content (AvgIpc) is 1.09. The Morgan fingerprint density at radius 1 is 0.136 bits per heavy atom. The molecule has 0 amide bonds. The molecule has 40 heteroatoms. The van der Waals surface area contributed by atoms with E-state index in [1.165, 1.54) is 0 Å². The lowest BCUT2D eigenvalue weighted by molar-refractivity contribution is -0.404. The van der Waals surface area contributed by atoms with Crippen molar-refractivity contribution in [3.63, 3.8) is 0 Å². The second-order valence-electron chi connectivity index (χ2n) is 22.5. The molecule has 88 heavy (non-hydrogen) atoms. The highest BCUT2D eigenvalue weighted by Gasteiger charge is 2.60. The van der Waals surface area contributed by atoms with Gasteiger partial charge < -0.3 is 198 Å². The molecule has 30 aliphatic rings. The highest BCUT2D eigenvalue weighted by atomic mass is 16.8. The summed E-state index contributed by atoms with van der Waals surface area (Å²) in [5.41, 5.74) is 0. The Hall–Kier alpha value is -1.60. The zero-order valence-electron chi connectivity index (χ0n) is 46.0. The summed E-state index contributed by atoms with van der Waals surface area (Å²) >= 11 is 0. The molecule has 0 aromatic carbocycles. The van der Waals surface area contributed by atoms with Gasteiger partial charge in [-0.15, -0.1) is 0 Å². The Labute approximate surface area is 496 Å². The van der Waals surface area contributed by atoms with Gasteiger partial charge in [-0.25, -0.2) is 0 Å². The van der Waals surface area contributed by atoms with E-state index < -0.39 is 299 Å². The second kappa shape index (κ2) is 30.0. The standard InChI is InChI=1S/C48H80O40/c49-1-9-33-17(57)25(65)41(73-9)82-34-10(2-50)75-43(27(67)19(34)59)84-36-12(4-52)77-45(29(69)21(36)61)86-38-14(6-54)79-47(31(71)23(38)63)88-40-16(8-56)80-48(32(72)24(40)64)87-39-15(7-55)78-46(30(70)22(39)62)85-37-13(5-53)76-44(28(68)20(37)60)83-35-11(3-51)74-42(81-33)26(66)18(35)58/h9-72H,1-8H2/t9-,10-,11-,12-,13-,14-,15-,16-,17-,18-,19-,20-,21-,22-,23-,24-,25-,26-,27-,28-,29-,30-,31-,32-,33-,34-,35-,36-,37-,38-,39-,40-,41-,42-,43-,44-,45-,46-,47-,48?/m0/s1. The van der Waals surface area contributed by atoms with Crippen LogP contribution in [0.4, 0.5) is 0 Å². The van der Waals surface area contributed by atoms with E-state index in [0.29, 0.717) is 0 Å². The van der Waals surface area contributed by atoms with Gasteiger partial charge in [0.05, 0.1) is 52.9 Å². The van der Waals surface area contributed by atoms with Crippen LogP contribution in [-0.2, 0) is 75.8 Å². The minimum absolute atomic E-state index is 1.08. The summed E-state index contributed by atoms with van der Waals surface area (Å²) < 4.78 is 91.1. The van der Waals surface area contributed by atoms with Crippen LogP contribution in [0.1, 0.15) is 0 Å². The zero-order chi connectivity index (χ0) is 64.1. The van der Waals surface area contributed by atoms with E-state index in [4.69, 9.17) is 75.8 Å². The van der Waals surface area contributed by atoms with E-state index in [2.05, 4.69) is 0 Å². The van der Waals surface area contributed by atoms with Crippen molar-refractivity contribution in [1.82, 2.24) is 0 Å². The fourth-order valence-corrected chi connectivity index (χ4v) is 11.9. The van der Waals surface area contributed by atoms with Crippen molar-refractivity contribution in [2.24, 2.45) is 0 Å². The first-order valence-corrected chi connectivity index (χ1v) is 28.1. The number of aliphatic hydroxyl groups excluding tert-OH is 24. The predicted molar refractivity (Wildman–Crippen MR) is 261 cm³/mol. The molecule has 16 bridgehead atoms. The van der Waals surface area contributed by atoms with Crippen molar-refractivity contribution in [1.29, 1.82) is 0 Å². The van der Waals surface area contributed by atoms with Crippen LogP contribution < -0.4 is 0 Å². The molecule has 0 aromatic rings. The van der Waals surface area contributed by atoms with Crippen molar-refractivity contribution >= 4 is 0 Å². The topological polar surface area (TPSA) is 633 Å². The monoisotopic (exact) mass is 1300 g/mol. The van der Waals surface area contributed by atoms with Crippen LogP contribution in [0.25, 0.3) is 0 Å². The normalized spacial score (nSPS) is 55.4.